The number of carbonyl (C=O) groups is 1. The number of carbonyl (C=O) groups excluding carboxylic acids is 1. The van der Waals surface area contributed by atoms with Gasteiger partial charge in [0, 0.05) is 0 Å². The third-order valence-electron chi connectivity index (χ3n) is 1.71. The van der Waals surface area contributed by atoms with Gasteiger partial charge in [-0.3, -0.25) is 0 Å². The Balaban J connectivity index is 0. The fraction of sp³-hybridized carbons (Fsp3) is 0.300. The maximum atomic E-state index is 11.3. The first-order valence-corrected chi connectivity index (χ1v) is 6.29. The van der Waals surface area contributed by atoms with Crippen LogP contribution in [0.15, 0.2) is 24.3 Å². The summed E-state index contributed by atoms with van der Waals surface area (Å²) in [6.45, 7) is 3.49. The average molecular weight is 267 g/mol. The zero-order valence-electron chi connectivity index (χ0n) is 11.5. The second-order valence-electron chi connectivity index (χ2n) is 3.17. The number of rotatable bonds is 4. The van der Waals surface area contributed by atoms with Crippen molar-refractivity contribution in [3.05, 3.63) is 29.8 Å². The molecule has 0 spiro atoms. The van der Waals surface area contributed by atoms with Crippen LogP contribution >= 0.6 is 0 Å². The standard InChI is InChI=1S/C10H13NO5S.Li.H/c1-3-15-10(12)11-17(13,14)16-9-6-4-8(2)5-7-9;;/h4-7H,3H2,1-2H3,(H,11,12);;/q;+1;-1. The van der Waals surface area contributed by atoms with E-state index in [1.165, 1.54) is 12.1 Å². The minimum atomic E-state index is -4.19. The van der Waals surface area contributed by atoms with Gasteiger partial charge in [0.15, 0.2) is 0 Å². The molecule has 0 aliphatic heterocycles. The summed E-state index contributed by atoms with van der Waals surface area (Å²) >= 11 is 0. The molecule has 0 atom stereocenters. The summed E-state index contributed by atoms with van der Waals surface area (Å²) in [5.41, 5.74) is 0.966. The van der Waals surface area contributed by atoms with Gasteiger partial charge in [-0.15, -0.1) is 0 Å². The minimum Gasteiger partial charge on any atom is -1.00 e. The zero-order valence-corrected chi connectivity index (χ0v) is 11.3. The Bertz CT molecular complexity index is 491. The SMILES string of the molecule is CCOC(=O)NS(=O)(=O)Oc1ccc(C)cc1.[H-].[Li+]. The molecule has 1 aromatic rings. The molecule has 96 valence electrons. The normalized spacial score (nSPS) is 10.1. The van der Waals surface area contributed by atoms with Gasteiger partial charge in [0.1, 0.15) is 5.75 Å². The fourth-order valence-corrected chi connectivity index (χ4v) is 1.67. The Kier molecular flexibility index (Phi) is 6.84. The van der Waals surface area contributed by atoms with Crippen LogP contribution in [-0.4, -0.2) is 21.1 Å². The first-order chi connectivity index (χ1) is 7.93. The van der Waals surface area contributed by atoms with Crippen LogP contribution in [0.25, 0.3) is 0 Å². The van der Waals surface area contributed by atoms with Crippen LogP contribution in [0, 0.1) is 6.92 Å². The van der Waals surface area contributed by atoms with Crippen molar-refractivity contribution in [1.29, 1.82) is 0 Å². The molecule has 0 unspecified atom stereocenters. The molecule has 0 aromatic heterocycles. The zero-order chi connectivity index (χ0) is 12.9. The number of aryl methyl sites for hydroxylation is 1. The fourth-order valence-electron chi connectivity index (χ4n) is 1.00. The molecule has 0 aliphatic rings. The van der Waals surface area contributed by atoms with E-state index in [0.29, 0.717) is 0 Å². The monoisotopic (exact) mass is 267 g/mol. The van der Waals surface area contributed by atoms with E-state index in [4.69, 9.17) is 0 Å². The quantitative estimate of drug-likeness (QED) is 0.670. The Hall–Kier alpha value is -1.16. The van der Waals surface area contributed by atoms with Gasteiger partial charge >= 0.3 is 35.3 Å². The molecule has 0 saturated carbocycles. The molecule has 8 heteroatoms. The predicted octanol–water partition coefficient (Wildman–Crippen LogP) is -1.52. The van der Waals surface area contributed by atoms with Crippen LogP contribution < -0.4 is 27.8 Å². The Morgan fingerprint density at radius 3 is 2.39 bits per heavy atom. The van der Waals surface area contributed by atoms with Crippen molar-refractivity contribution in [3.8, 4) is 5.75 Å². The summed E-state index contributed by atoms with van der Waals surface area (Å²) in [5.74, 6) is 0.118. The number of hydrogen-bond donors (Lipinski definition) is 1. The van der Waals surface area contributed by atoms with Crippen molar-refractivity contribution in [2.75, 3.05) is 6.61 Å². The summed E-state index contributed by atoms with van der Waals surface area (Å²) in [6, 6.07) is 6.35. The number of nitrogens with one attached hydrogen (secondary N) is 1. The molecule has 0 bridgehead atoms. The Morgan fingerprint density at radius 2 is 1.89 bits per heavy atom. The molecular formula is C10H14LiNO5S. The van der Waals surface area contributed by atoms with Gasteiger partial charge < -0.3 is 10.3 Å². The summed E-state index contributed by atoms with van der Waals surface area (Å²) < 4.78 is 33.3. The molecule has 1 aromatic carbocycles. The number of amides is 1. The van der Waals surface area contributed by atoms with Crippen LogP contribution in [0.4, 0.5) is 4.79 Å². The third-order valence-corrected chi connectivity index (χ3v) is 2.54. The smallest absolute Gasteiger partial charge is 1.00 e. The first kappa shape index (κ1) is 16.8. The molecule has 0 heterocycles. The molecule has 1 N–H and O–H groups in total. The van der Waals surface area contributed by atoms with Gasteiger partial charge in [0.2, 0.25) is 0 Å². The molecular weight excluding hydrogens is 253 g/mol. The Morgan fingerprint density at radius 1 is 1.33 bits per heavy atom. The second kappa shape index (κ2) is 7.31. The van der Waals surface area contributed by atoms with E-state index >= 15 is 0 Å². The van der Waals surface area contributed by atoms with Gasteiger partial charge in [-0.1, -0.05) is 17.7 Å². The molecule has 0 saturated heterocycles. The summed E-state index contributed by atoms with van der Waals surface area (Å²) in [4.78, 5) is 10.9. The van der Waals surface area contributed by atoms with Crippen molar-refractivity contribution in [2.45, 2.75) is 13.8 Å². The average Bonchev–Trinajstić information content (AvgIpc) is 2.20. The van der Waals surface area contributed by atoms with Crippen LogP contribution in [0.2, 0.25) is 0 Å². The van der Waals surface area contributed by atoms with E-state index in [1.807, 2.05) is 6.92 Å². The molecule has 0 aliphatic carbocycles. The molecule has 1 amide bonds. The van der Waals surface area contributed by atoms with E-state index in [9.17, 15) is 13.2 Å². The predicted molar refractivity (Wildman–Crippen MR) is 62.0 cm³/mol. The largest absolute Gasteiger partial charge is 1.00 e. The van der Waals surface area contributed by atoms with Crippen molar-refractivity contribution >= 4 is 16.4 Å². The van der Waals surface area contributed by atoms with Gasteiger partial charge in [0.05, 0.1) is 6.61 Å². The summed E-state index contributed by atoms with van der Waals surface area (Å²) in [6.07, 6.45) is -1.07. The molecule has 0 fully saturated rings. The van der Waals surface area contributed by atoms with Gasteiger partial charge in [-0.2, -0.15) is 13.1 Å². The molecule has 6 nitrogen and oxygen atoms in total. The molecule has 1 rings (SSSR count). The van der Waals surface area contributed by atoms with E-state index in [-0.39, 0.29) is 32.6 Å². The number of hydrogen-bond acceptors (Lipinski definition) is 5. The first-order valence-electron chi connectivity index (χ1n) is 4.88. The number of benzene rings is 1. The summed E-state index contributed by atoms with van der Waals surface area (Å²) in [7, 11) is -4.19. The Labute approximate surface area is 120 Å². The van der Waals surface area contributed by atoms with E-state index in [0.717, 1.165) is 5.56 Å². The molecule has 0 radical (unpaired) electrons. The van der Waals surface area contributed by atoms with Crippen molar-refractivity contribution < 1.29 is 42.4 Å². The van der Waals surface area contributed by atoms with Gasteiger partial charge in [-0.05, 0) is 26.0 Å². The van der Waals surface area contributed by atoms with E-state index < -0.39 is 16.4 Å². The van der Waals surface area contributed by atoms with Gasteiger partial charge in [0.25, 0.3) is 0 Å². The molecule has 18 heavy (non-hydrogen) atoms. The maximum Gasteiger partial charge on any atom is 1.00 e. The second-order valence-corrected chi connectivity index (χ2v) is 4.45. The maximum absolute atomic E-state index is 11.3. The minimum absolute atomic E-state index is 0. The van der Waals surface area contributed by atoms with Crippen LogP contribution in [0.3, 0.4) is 0 Å². The number of ether oxygens (including phenoxy) is 1. The summed E-state index contributed by atoms with van der Waals surface area (Å²) in [5, 5.41) is 0. The van der Waals surface area contributed by atoms with E-state index in [2.05, 4.69) is 8.92 Å². The third kappa shape index (κ3) is 5.96. The van der Waals surface area contributed by atoms with Crippen molar-refractivity contribution in [3.63, 3.8) is 0 Å². The van der Waals surface area contributed by atoms with Crippen molar-refractivity contribution in [2.24, 2.45) is 0 Å². The van der Waals surface area contributed by atoms with Crippen LogP contribution in [0.1, 0.15) is 13.9 Å². The van der Waals surface area contributed by atoms with Gasteiger partial charge in [-0.25, -0.2) is 4.79 Å². The van der Waals surface area contributed by atoms with Crippen LogP contribution in [-0.2, 0) is 15.0 Å². The topological polar surface area (TPSA) is 81.7 Å². The van der Waals surface area contributed by atoms with Crippen molar-refractivity contribution in [1.82, 2.24) is 4.72 Å². The van der Waals surface area contributed by atoms with E-state index in [1.54, 1.807) is 23.8 Å². The van der Waals surface area contributed by atoms with Crippen LogP contribution in [0.5, 0.6) is 5.75 Å².